The van der Waals surface area contributed by atoms with Crippen molar-refractivity contribution in [3.8, 4) is 0 Å². The van der Waals surface area contributed by atoms with E-state index in [-0.39, 0.29) is 10.7 Å². The van der Waals surface area contributed by atoms with Crippen LogP contribution in [-0.4, -0.2) is 27.8 Å². The Hall–Kier alpha value is 0.300. The minimum Gasteiger partial charge on any atom is -0.354 e. The molecule has 1 fully saturated rings. The summed E-state index contributed by atoms with van der Waals surface area (Å²) in [5.74, 6) is 1.32. The number of rotatable bonds is 4. The van der Waals surface area contributed by atoms with Crippen molar-refractivity contribution in [1.29, 1.82) is 0 Å². The van der Waals surface area contributed by atoms with Crippen LogP contribution < -0.4 is 5.32 Å². The van der Waals surface area contributed by atoms with Crippen molar-refractivity contribution in [2.24, 2.45) is 5.41 Å². The second-order valence-corrected chi connectivity index (χ2v) is 9.15. The van der Waals surface area contributed by atoms with Crippen LogP contribution in [-0.2, 0) is 4.79 Å². The van der Waals surface area contributed by atoms with Gasteiger partial charge in [-0.15, -0.1) is 11.8 Å². The van der Waals surface area contributed by atoms with E-state index in [9.17, 15) is 4.79 Å². The van der Waals surface area contributed by atoms with Gasteiger partial charge < -0.3 is 5.32 Å². The summed E-state index contributed by atoms with van der Waals surface area (Å²) in [4.78, 5) is 12.4. The fourth-order valence-electron chi connectivity index (χ4n) is 2.09. The van der Waals surface area contributed by atoms with Crippen molar-refractivity contribution < 1.29 is 4.79 Å². The summed E-state index contributed by atoms with van der Waals surface area (Å²) < 4.78 is -0.186. The van der Waals surface area contributed by atoms with Crippen molar-refractivity contribution in [3.63, 3.8) is 0 Å². The molecule has 1 aliphatic heterocycles. The van der Waals surface area contributed by atoms with Crippen molar-refractivity contribution >= 4 is 33.6 Å². The molecule has 0 aromatic rings. The highest BCUT2D eigenvalue weighted by molar-refractivity contribution is 9.09. The highest BCUT2D eigenvalue weighted by atomic mass is 79.9. The molecule has 17 heavy (non-hydrogen) atoms. The second kappa shape index (κ2) is 5.96. The topological polar surface area (TPSA) is 29.1 Å². The number of carbonyl (C=O) groups excluding carboxylic acids is 1. The fourth-order valence-corrected chi connectivity index (χ4v) is 4.45. The monoisotopic (exact) mass is 321 g/mol. The van der Waals surface area contributed by atoms with E-state index in [2.05, 4.69) is 48.9 Å². The molecule has 1 rings (SSSR count). The number of nitrogens with one attached hydrogen (secondary N) is 1. The second-order valence-electron chi connectivity index (χ2n) is 6.25. The number of thioether (sulfide) groups is 1. The summed E-state index contributed by atoms with van der Waals surface area (Å²) in [6.45, 7) is 9.45. The number of carbonyl (C=O) groups is 1. The molecule has 100 valence electrons. The summed E-state index contributed by atoms with van der Waals surface area (Å²) in [5, 5.41) is 3.08. The fraction of sp³-hybridized carbons (Fsp3) is 0.923. The van der Waals surface area contributed by atoms with E-state index in [0.717, 1.165) is 31.6 Å². The van der Waals surface area contributed by atoms with Crippen molar-refractivity contribution in [3.05, 3.63) is 0 Å². The van der Waals surface area contributed by atoms with Gasteiger partial charge in [-0.25, -0.2) is 0 Å². The summed E-state index contributed by atoms with van der Waals surface area (Å²) >= 11 is 5.44. The zero-order chi connectivity index (χ0) is 13.1. The van der Waals surface area contributed by atoms with Crippen LogP contribution in [0.4, 0.5) is 0 Å². The molecule has 2 nitrogen and oxygen atoms in total. The normalized spacial score (nSPS) is 26.9. The third-order valence-corrected chi connectivity index (χ3v) is 5.18. The molecule has 2 unspecified atom stereocenters. The zero-order valence-electron chi connectivity index (χ0n) is 11.3. The predicted molar refractivity (Wildman–Crippen MR) is 79.9 cm³/mol. The highest BCUT2D eigenvalue weighted by Crippen LogP contribution is 2.37. The first kappa shape index (κ1) is 15.4. The maximum absolute atomic E-state index is 12.1. The van der Waals surface area contributed by atoms with Crippen LogP contribution in [0, 0.1) is 5.41 Å². The lowest BCUT2D eigenvalue weighted by molar-refractivity contribution is -0.123. The van der Waals surface area contributed by atoms with E-state index in [1.807, 2.05) is 0 Å². The van der Waals surface area contributed by atoms with Crippen LogP contribution in [0.15, 0.2) is 0 Å². The molecule has 0 aromatic heterocycles. The standard InChI is InChI=1S/C13H24BrNOS/c1-12(2,3)8-10(14)9-15-11(16)13(4)6-5-7-17-13/h10H,5-9H2,1-4H3,(H,15,16). The molecule has 0 bridgehead atoms. The number of hydrogen-bond acceptors (Lipinski definition) is 2. The minimum atomic E-state index is -0.186. The Morgan fingerprint density at radius 1 is 1.53 bits per heavy atom. The maximum Gasteiger partial charge on any atom is 0.235 e. The lowest BCUT2D eigenvalue weighted by Crippen LogP contribution is -2.42. The van der Waals surface area contributed by atoms with Crippen LogP contribution in [0.2, 0.25) is 0 Å². The predicted octanol–water partition coefficient (Wildman–Crippen LogP) is 3.59. The summed E-state index contributed by atoms with van der Waals surface area (Å²) in [6.07, 6.45) is 3.24. The third-order valence-electron chi connectivity index (χ3n) is 3.02. The molecule has 1 N–H and O–H groups in total. The molecular weight excluding hydrogens is 298 g/mol. The Kier molecular flexibility index (Phi) is 5.39. The molecular formula is C13H24BrNOS. The Bertz CT molecular complexity index is 269. The average Bonchev–Trinajstić information content (AvgIpc) is 2.60. The van der Waals surface area contributed by atoms with Gasteiger partial charge in [-0.3, -0.25) is 4.79 Å². The van der Waals surface area contributed by atoms with Crippen LogP contribution in [0.3, 0.4) is 0 Å². The van der Waals surface area contributed by atoms with E-state index >= 15 is 0 Å². The lowest BCUT2D eigenvalue weighted by atomic mass is 9.90. The number of amides is 1. The smallest absolute Gasteiger partial charge is 0.235 e. The summed E-state index contributed by atoms with van der Waals surface area (Å²) in [6, 6.07) is 0. The number of alkyl halides is 1. The van der Waals surface area contributed by atoms with Crippen molar-refractivity contribution in [2.75, 3.05) is 12.3 Å². The Morgan fingerprint density at radius 3 is 2.65 bits per heavy atom. The van der Waals surface area contributed by atoms with E-state index < -0.39 is 0 Å². The summed E-state index contributed by atoms with van der Waals surface area (Å²) in [7, 11) is 0. The molecule has 1 aliphatic rings. The van der Waals surface area contributed by atoms with Gasteiger partial charge in [0.05, 0.1) is 4.75 Å². The molecule has 0 spiro atoms. The molecule has 1 heterocycles. The van der Waals surface area contributed by atoms with Gasteiger partial charge in [0.1, 0.15) is 0 Å². The van der Waals surface area contributed by atoms with Gasteiger partial charge in [0.2, 0.25) is 5.91 Å². The SMILES string of the molecule is CC(C)(C)CC(Br)CNC(=O)C1(C)CCCS1. The molecule has 0 saturated carbocycles. The first-order chi connectivity index (χ1) is 7.73. The molecule has 0 radical (unpaired) electrons. The van der Waals surface area contributed by atoms with Gasteiger partial charge in [0.15, 0.2) is 0 Å². The van der Waals surface area contributed by atoms with Crippen LogP contribution in [0.5, 0.6) is 0 Å². The molecule has 2 atom stereocenters. The van der Waals surface area contributed by atoms with E-state index in [0.29, 0.717) is 10.2 Å². The van der Waals surface area contributed by atoms with Crippen molar-refractivity contribution in [2.45, 2.75) is 56.5 Å². The van der Waals surface area contributed by atoms with E-state index in [4.69, 9.17) is 0 Å². The van der Waals surface area contributed by atoms with E-state index in [1.54, 1.807) is 11.8 Å². The Morgan fingerprint density at radius 2 is 2.18 bits per heavy atom. The van der Waals surface area contributed by atoms with Gasteiger partial charge >= 0.3 is 0 Å². The van der Waals surface area contributed by atoms with Crippen LogP contribution in [0.25, 0.3) is 0 Å². The third kappa shape index (κ3) is 5.21. The van der Waals surface area contributed by atoms with Gasteiger partial charge in [-0.2, -0.15) is 0 Å². The first-order valence-electron chi connectivity index (χ1n) is 6.29. The van der Waals surface area contributed by atoms with Gasteiger partial charge in [-0.05, 0) is 37.4 Å². The molecule has 1 amide bonds. The Labute approximate surface area is 118 Å². The molecule has 0 aromatic carbocycles. The van der Waals surface area contributed by atoms with Crippen LogP contribution >= 0.6 is 27.7 Å². The highest BCUT2D eigenvalue weighted by Gasteiger charge is 2.37. The lowest BCUT2D eigenvalue weighted by Gasteiger charge is -2.25. The quantitative estimate of drug-likeness (QED) is 0.802. The number of halogens is 1. The van der Waals surface area contributed by atoms with Crippen molar-refractivity contribution in [1.82, 2.24) is 5.32 Å². The van der Waals surface area contributed by atoms with Gasteiger partial charge in [0, 0.05) is 11.4 Å². The first-order valence-corrected chi connectivity index (χ1v) is 8.19. The maximum atomic E-state index is 12.1. The molecule has 0 aliphatic carbocycles. The van der Waals surface area contributed by atoms with Gasteiger partial charge in [0.25, 0.3) is 0 Å². The molecule has 4 heteroatoms. The zero-order valence-corrected chi connectivity index (χ0v) is 13.7. The van der Waals surface area contributed by atoms with Crippen LogP contribution in [0.1, 0.15) is 47.0 Å². The summed E-state index contributed by atoms with van der Waals surface area (Å²) in [5.41, 5.74) is 0.297. The number of hydrogen-bond donors (Lipinski definition) is 1. The van der Waals surface area contributed by atoms with Gasteiger partial charge in [-0.1, -0.05) is 36.7 Å². The minimum absolute atomic E-state index is 0.186. The van der Waals surface area contributed by atoms with E-state index in [1.165, 1.54) is 0 Å². The Balaban J connectivity index is 2.33. The molecule has 1 saturated heterocycles. The largest absolute Gasteiger partial charge is 0.354 e. The average molecular weight is 322 g/mol.